The topological polar surface area (TPSA) is 40.5 Å². The van der Waals surface area contributed by atoms with Gasteiger partial charge in [0.1, 0.15) is 0 Å². The molecule has 1 aliphatic rings. The van der Waals surface area contributed by atoms with Gasteiger partial charge in [-0.3, -0.25) is 9.69 Å². The number of alkyl halides is 2. The molecule has 13 heavy (non-hydrogen) atoms. The molecule has 0 bridgehead atoms. The van der Waals surface area contributed by atoms with E-state index in [0.29, 0.717) is 13.0 Å². The summed E-state index contributed by atoms with van der Waals surface area (Å²) in [5.41, 5.74) is 0. The number of aliphatic carboxylic acids is 1. The minimum atomic E-state index is -2.73. The second kappa shape index (κ2) is 3.57. The van der Waals surface area contributed by atoms with Crippen LogP contribution in [0.1, 0.15) is 13.3 Å². The van der Waals surface area contributed by atoms with Crippen molar-refractivity contribution in [2.24, 2.45) is 5.92 Å². The van der Waals surface area contributed by atoms with Gasteiger partial charge >= 0.3 is 5.97 Å². The number of nitrogens with zero attached hydrogens (tertiary/aromatic N) is 1. The Hall–Kier alpha value is -0.710. The van der Waals surface area contributed by atoms with E-state index in [-0.39, 0.29) is 13.1 Å². The van der Waals surface area contributed by atoms with Crippen molar-refractivity contribution in [1.29, 1.82) is 0 Å². The Morgan fingerprint density at radius 2 is 2.31 bits per heavy atom. The minimum absolute atomic E-state index is 0.249. The molecule has 1 rings (SSSR count). The lowest BCUT2D eigenvalue weighted by molar-refractivity contribution is -0.141. The fraction of sp³-hybridized carbons (Fsp3) is 0.875. The van der Waals surface area contributed by atoms with Crippen LogP contribution in [0.4, 0.5) is 8.78 Å². The minimum Gasteiger partial charge on any atom is -0.481 e. The first-order valence-corrected chi connectivity index (χ1v) is 4.21. The van der Waals surface area contributed by atoms with E-state index in [1.54, 1.807) is 0 Å². The second-order valence-corrected chi connectivity index (χ2v) is 3.63. The lowest BCUT2D eigenvalue weighted by atomic mass is 10.1. The molecule has 1 atom stereocenters. The van der Waals surface area contributed by atoms with Crippen molar-refractivity contribution in [3.63, 3.8) is 0 Å². The SMILES string of the molecule is CC(F)(F)CN1CCC(C(=O)O)C1. The summed E-state index contributed by atoms with van der Waals surface area (Å²) in [4.78, 5) is 12.0. The second-order valence-electron chi connectivity index (χ2n) is 3.63. The molecule has 0 saturated carbocycles. The molecule has 0 aliphatic carbocycles. The third-order valence-electron chi connectivity index (χ3n) is 2.12. The van der Waals surface area contributed by atoms with Crippen molar-refractivity contribution in [2.45, 2.75) is 19.3 Å². The Bertz CT molecular complexity index is 203. The van der Waals surface area contributed by atoms with E-state index in [9.17, 15) is 13.6 Å². The number of carboxylic acids is 1. The molecular formula is C8H13F2NO2. The molecule has 1 unspecified atom stereocenters. The number of hydrogen-bond donors (Lipinski definition) is 1. The zero-order chi connectivity index (χ0) is 10.1. The Morgan fingerprint density at radius 3 is 2.69 bits per heavy atom. The smallest absolute Gasteiger partial charge is 0.307 e. The molecule has 0 amide bonds. The first-order valence-electron chi connectivity index (χ1n) is 4.21. The van der Waals surface area contributed by atoms with E-state index in [0.717, 1.165) is 6.92 Å². The summed E-state index contributed by atoms with van der Waals surface area (Å²) in [5, 5.41) is 8.62. The fourth-order valence-corrected chi connectivity index (χ4v) is 1.57. The Morgan fingerprint density at radius 1 is 1.69 bits per heavy atom. The van der Waals surface area contributed by atoms with E-state index in [4.69, 9.17) is 5.11 Å². The molecular weight excluding hydrogens is 180 g/mol. The quantitative estimate of drug-likeness (QED) is 0.728. The van der Waals surface area contributed by atoms with E-state index < -0.39 is 17.8 Å². The highest BCUT2D eigenvalue weighted by Crippen LogP contribution is 2.21. The number of hydrogen-bond acceptors (Lipinski definition) is 2. The highest BCUT2D eigenvalue weighted by molar-refractivity contribution is 5.70. The van der Waals surface area contributed by atoms with Crippen molar-refractivity contribution < 1.29 is 18.7 Å². The summed E-state index contributed by atoms with van der Waals surface area (Å²) in [7, 11) is 0. The normalized spacial score (nSPS) is 25.0. The van der Waals surface area contributed by atoms with Crippen molar-refractivity contribution in [2.75, 3.05) is 19.6 Å². The number of carbonyl (C=O) groups is 1. The summed E-state index contributed by atoms with van der Waals surface area (Å²) in [6.45, 7) is 1.22. The van der Waals surface area contributed by atoms with Crippen LogP contribution in [0.3, 0.4) is 0 Å². The maximum atomic E-state index is 12.5. The summed E-state index contributed by atoms with van der Waals surface area (Å²) in [5.74, 6) is -4.09. The summed E-state index contributed by atoms with van der Waals surface area (Å²) in [6, 6.07) is 0. The predicted octanol–water partition coefficient (Wildman–Crippen LogP) is 1.05. The number of likely N-dealkylation sites (tertiary alicyclic amines) is 1. The Labute approximate surface area is 75.3 Å². The van der Waals surface area contributed by atoms with Gasteiger partial charge in [-0.15, -0.1) is 0 Å². The maximum Gasteiger partial charge on any atom is 0.307 e. The highest BCUT2D eigenvalue weighted by atomic mass is 19.3. The van der Waals surface area contributed by atoms with Gasteiger partial charge in [0.2, 0.25) is 0 Å². The van der Waals surface area contributed by atoms with Crippen LogP contribution in [0, 0.1) is 5.92 Å². The van der Waals surface area contributed by atoms with Crippen molar-refractivity contribution in [3.8, 4) is 0 Å². The van der Waals surface area contributed by atoms with Crippen molar-refractivity contribution >= 4 is 5.97 Å². The number of rotatable bonds is 3. The summed E-state index contributed by atoms with van der Waals surface area (Å²) in [6.07, 6.45) is 0.478. The van der Waals surface area contributed by atoms with Gasteiger partial charge in [0.25, 0.3) is 5.92 Å². The summed E-state index contributed by atoms with van der Waals surface area (Å²) >= 11 is 0. The van der Waals surface area contributed by atoms with Gasteiger partial charge in [-0.05, 0) is 13.0 Å². The van der Waals surface area contributed by atoms with E-state index in [2.05, 4.69) is 0 Å². The van der Waals surface area contributed by atoms with E-state index in [1.807, 2.05) is 0 Å². The highest BCUT2D eigenvalue weighted by Gasteiger charge is 2.33. The number of halogens is 2. The van der Waals surface area contributed by atoms with E-state index in [1.165, 1.54) is 4.90 Å². The van der Waals surface area contributed by atoms with Crippen LogP contribution in [0.25, 0.3) is 0 Å². The largest absolute Gasteiger partial charge is 0.481 e. The van der Waals surface area contributed by atoms with Crippen LogP contribution < -0.4 is 0 Å². The Kier molecular flexibility index (Phi) is 2.85. The lowest BCUT2D eigenvalue weighted by Gasteiger charge is -2.19. The first kappa shape index (κ1) is 10.4. The molecule has 1 saturated heterocycles. The molecule has 1 heterocycles. The molecule has 0 radical (unpaired) electrons. The first-order chi connectivity index (χ1) is 5.88. The molecule has 1 aliphatic heterocycles. The van der Waals surface area contributed by atoms with E-state index >= 15 is 0 Å². The molecule has 1 N–H and O–H groups in total. The third kappa shape index (κ3) is 3.26. The van der Waals surface area contributed by atoms with Crippen molar-refractivity contribution in [1.82, 2.24) is 4.90 Å². The van der Waals surface area contributed by atoms with Gasteiger partial charge in [-0.2, -0.15) is 0 Å². The Balaban J connectivity index is 2.38. The van der Waals surface area contributed by atoms with Crippen LogP contribution in [0.5, 0.6) is 0 Å². The monoisotopic (exact) mass is 193 g/mol. The van der Waals surface area contributed by atoms with Crippen LogP contribution in [-0.2, 0) is 4.79 Å². The standard InChI is InChI=1S/C8H13F2NO2/c1-8(9,10)5-11-3-2-6(4-11)7(12)13/h6H,2-5H2,1H3,(H,12,13). The van der Waals surface area contributed by atoms with Crippen LogP contribution in [0.2, 0.25) is 0 Å². The van der Waals surface area contributed by atoms with Crippen LogP contribution >= 0.6 is 0 Å². The van der Waals surface area contributed by atoms with Crippen LogP contribution in [-0.4, -0.2) is 41.5 Å². The zero-order valence-corrected chi connectivity index (χ0v) is 7.46. The van der Waals surface area contributed by atoms with Gasteiger partial charge in [0.15, 0.2) is 0 Å². The third-order valence-corrected chi connectivity index (χ3v) is 2.12. The average Bonchev–Trinajstić information content (AvgIpc) is 2.31. The molecule has 3 nitrogen and oxygen atoms in total. The van der Waals surface area contributed by atoms with Crippen LogP contribution in [0.15, 0.2) is 0 Å². The van der Waals surface area contributed by atoms with Gasteiger partial charge < -0.3 is 5.11 Å². The zero-order valence-electron chi connectivity index (χ0n) is 7.46. The maximum absolute atomic E-state index is 12.5. The molecule has 0 aromatic rings. The average molecular weight is 193 g/mol. The molecule has 0 aromatic heterocycles. The van der Waals surface area contributed by atoms with Gasteiger partial charge in [0.05, 0.1) is 12.5 Å². The fourth-order valence-electron chi connectivity index (χ4n) is 1.57. The van der Waals surface area contributed by atoms with Gasteiger partial charge in [-0.25, -0.2) is 8.78 Å². The number of carboxylic acid groups (broad SMARTS) is 1. The van der Waals surface area contributed by atoms with Gasteiger partial charge in [-0.1, -0.05) is 0 Å². The van der Waals surface area contributed by atoms with Gasteiger partial charge in [0, 0.05) is 13.5 Å². The van der Waals surface area contributed by atoms with Crippen molar-refractivity contribution in [3.05, 3.63) is 0 Å². The molecule has 76 valence electrons. The molecule has 5 heteroatoms. The molecule has 0 spiro atoms. The summed E-state index contributed by atoms with van der Waals surface area (Å²) < 4.78 is 25.0. The predicted molar refractivity (Wildman–Crippen MR) is 42.8 cm³/mol. The molecule has 1 fully saturated rings. The molecule has 0 aromatic carbocycles. The lowest BCUT2D eigenvalue weighted by Crippen LogP contribution is -2.33.